The van der Waals surface area contributed by atoms with Crippen molar-refractivity contribution in [1.29, 1.82) is 0 Å². The molecule has 3 rings (SSSR count). The van der Waals surface area contributed by atoms with Crippen molar-refractivity contribution in [2.75, 3.05) is 26.9 Å². The largest absolute Gasteiger partial charge is 0.507 e. The molecule has 0 aliphatic carbocycles. The highest BCUT2D eigenvalue weighted by atomic mass is 16.5. The van der Waals surface area contributed by atoms with Crippen LogP contribution in [-0.2, 0) is 14.3 Å². The average molecular weight is 399 g/mol. The zero-order valence-electron chi connectivity index (χ0n) is 16.6. The van der Waals surface area contributed by atoms with E-state index in [1.165, 1.54) is 11.2 Å². The van der Waals surface area contributed by atoms with Gasteiger partial charge in [-0.1, -0.05) is 6.92 Å². The SMILES string of the molecule is CCCOc1ccc(/C(O)=C2/C(=O)C(=O)N(CCCOC)C2c2ccco2)cc1. The molecule has 1 aliphatic heterocycles. The third-order valence-electron chi connectivity index (χ3n) is 4.70. The van der Waals surface area contributed by atoms with Crippen LogP contribution >= 0.6 is 0 Å². The van der Waals surface area contributed by atoms with Crippen molar-refractivity contribution >= 4 is 17.4 Å². The Morgan fingerprint density at radius 3 is 2.55 bits per heavy atom. The van der Waals surface area contributed by atoms with Crippen LogP contribution < -0.4 is 4.74 Å². The average Bonchev–Trinajstić information content (AvgIpc) is 3.35. The number of ketones is 1. The Morgan fingerprint density at radius 2 is 1.93 bits per heavy atom. The number of carbonyl (C=O) groups excluding carboxylic acids is 2. The number of hydrogen-bond acceptors (Lipinski definition) is 6. The van der Waals surface area contributed by atoms with Crippen LogP contribution in [0.4, 0.5) is 0 Å². The van der Waals surface area contributed by atoms with Crippen molar-refractivity contribution < 1.29 is 28.6 Å². The molecular formula is C22H25NO6. The fourth-order valence-electron chi connectivity index (χ4n) is 3.32. The Bertz CT molecular complexity index is 869. The Kier molecular flexibility index (Phi) is 6.72. The summed E-state index contributed by atoms with van der Waals surface area (Å²) in [5.74, 6) is -0.530. The highest BCUT2D eigenvalue weighted by Gasteiger charge is 2.47. The van der Waals surface area contributed by atoms with Crippen LogP contribution in [0.2, 0.25) is 0 Å². The normalized spacial score (nSPS) is 18.4. The fourth-order valence-corrected chi connectivity index (χ4v) is 3.32. The minimum atomic E-state index is -0.780. The predicted molar refractivity (Wildman–Crippen MR) is 106 cm³/mol. The Labute approximate surface area is 169 Å². The first-order chi connectivity index (χ1) is 14.1. The summed E-state index contributed by atoms with van der Waals surface area (Å²) in [6.45, 7) is 3.37. The fraction of sp³-hybridized carbons (Fsp3) is 0.364. The molecule has 2 aromatic rings. The van der Waals surface area contributed by atoms with Gasteiger partial charge < -0.3 is 23.9 Å². The molecule has 0 spiro atoms. The minimum absolute atomic E-state index is 0.0181. The number of methoxy groups -OCH3 is 1. The first-order valence-electron chi connectivity index (χ1n) is 9.62. The summed E-state index contributed by atoms with van der Waals surface area (Å²) in [5.41, 5.74) is 0.449. The summed E-state index contributed by atoms with van der Waals surface area (Å²) in [6, 6.07) is 9.37. The molecule has 1 aromatic carbocycles. The lowest BCUT2D eigenvalue weighted by atomic mass is 9.99. The maximum absolute atomic E-state index is 12.8. The molecule has 0 bridgehead atoms. The smallest absolute Gasteiger partial charge is 0.295 e. The van der Waals surface area contributed by atoms with E-state index in [0.29, 0.717) is 43.3 Å². The van der Waals surface area contributed by atoms with Gasteiger partial charge in [0.1, 0.15) is 23.3 Å². The Hall–Kier alpha value is -3.06. The van der Waals surface area contributed by atoms with E-state index in [1.54, 1.807) is 43.5 Å². The molecule has 1 fully saturated rings. The molecule has 1 unspecified atom stereocenters. The second-order valence-corrected chi connectivity index (χ2v) is 6.73. The van der Waals surface area contributed by atoms with Gasteiger partial charge in [-0.15, -0.1) is 0 Å². The maximum atomic E-state index is 12.8. The monoisotopic (exact) mass is 399 g/mol. The van der Waals surface area contributed by atoms with Gasteiger partial charge in [0.05, 0.1) is 18.4 Å². The molecule has 1 atom stereocenters. The standard InChI is InChI=1S/C22H25NO6/c1-3-12-28-16-9-7-15(8-10-16)20(24)18-19(17-6-4-14-29-17)23(11-5-13-27-2)22(26)21(18)25/h4,6-10,14,19,24H,3,5,11-13H2,1-2H3/b20-18-. The molecule has 1 saturated heterocycles. The van der Waals surface area contributed by atoms with E-state index >= 15 is 0 Å². The summed E-state index contributed by atoms with van der Waals surface area (Å²) in [6.07, 6.45) is 2.92. The van der Waals surface area contributed by atoms with Gasteiger partial charge in [0.2, 0.25) is 0 Å². The van der Waals surface area contributed by atoms with Crippen molar-refractivity contribution in [3.05, 3.63) is 59.6 Å². The molecule has 0 radical (unpaired) electrons. The lowest BCUT2D eigenvalue weighted by Gasteiger charge is -2.23. The Balaban J connectivity index is 1.97. The number of amides is 1. The van der Waals surface area contributed by atoms with Crippen molar-refractivity contribution in [2.24, 2.45) is 0 Å². The van der Waals surface area contributed by atoms with Crippen LogP contribution in [0, 0.1) is 0 Å². The van der Waals surface area contributed by atoms with Gasteiger partial charge in [-0.2, -0.15) is 0 Å². The molecule has 1 N–H and O–H groups in total. The van der Waals surface area contributed by atoms with E-state index in [9.17, 15) is 14.7 Å². The number of benzene rings is 1. The van der Waals surface area contributed by atoms with Crippen LogP contribution in [0.15, 0.2) is 52.7 Å². The number of ether oxygens (including phenoxy) is 2. The van der Waals surface area contributed by atoms with Gasteiger partial charge in [0.25, 0.3) is 11.7 Å². The van der Waals surface area contributed by atoms with Crippen molar-refractivity contribution in [3.63, 3.8) is 0 Å². The summed E-state index contributed by atoms with van der Waals surface area (Å²) in [5, 5.41) is 10.9. The van der Waals surface area contributed by atoms with Crippen LogP contribution in [0.1, 0.15) is 37.1 Å². The number of aliphatic hydroxyl groups is 1. The van der Waals surface area contributed by atoms with Gasteiger partial charge >= 0.3 is 0 Å². The number of nitrogens with zero attached hydrogens (tertiary/aromatic N) is 1. The van der Waals surface area contributed by atoms with Crippen molar-refractivity contribution in [1.82, 2.24) is 4.90 Å². The quantitative estimate of drug-likeness (QED) is 0.300. The first-order valence-corrected chi connectivity index (χ1v) is 9.62. The number of likely N-dealkylation sites (tertiary alicyclic amines) is 1. The van der Waals surface area contributed by atoms with Gasteiger partial charge in [-0.3, -0.25) is 9.59 Å². The molecular weight excluding hydrogens is 374 g/mol. The van der Waals surface area contributed by atoms with Crippen LogP contribution in [0.25, 0.3) is 5.76 Å². The minimum Gasteiger partial charge on any atom is -0.507 e. The summed E-state index contributed by atoms with van der Waals surface area (Å²) < 4.78 is 16.1. The first kappa shape index (κ1) is 20.7. The van der Waals surface area contributed by atoms with Gasteiger partial charge in [0, 0.05) is 25.8 Å². The predicted octanol–water partition coefficient (Wildman–Crippen LogP) is 3.53. The summed E-state index contributed by atoms with van der Waals surface area (Å²) in [7, 11) is 1.58. The number of Topliss-reactive ketones (excluding diaryl/α,β-unsaturated/α-hetero) is 1. The molecule has 1 amide bonds. The molecule has 7 nitrogen and oxygen atoms in total. The van der Waals surface area contributed by atoms with E-state index < -0.39 is 17.7 Å². The number of furan rings is 1. The summed E-state index contributed by atoms with van der Waals surface area (Å²) >= 11 is 0. The second kappa shape index (κ2) is 9.43. The molecule has 2 heterocycles. The van der Waals surface area contributed by atoms with Crippen LogP contribution in [0.5, 0.6) is 5.75 Å². The van der Waals surface area contributed by atoms with Crippen molar-refractivity contribution in [2.45, 2.75) is 25.8 Å². The van der Waals surface area contributed by atoms with E-state index in [0.717, 1.165) is 6.42 Å². The van der Waals surface area contributed by atoms with Gasteiger partial charge in [0.15, 0.2) is 0 Å². The van der Waals surface area contributed by atoms with E-state index in [4.69, 9.17) is 13.9 Å². The van der Waals surface area contributed by atoms with E-state index in [-0.39, 0.29) is 11.3 Å². The highest BCUT2D eigenvalue weighted by Crippen LogP contribution is 2.39. The lowest BCUT2D eigenvalue weighted by Crippen LogP contribution is -2.31. The molecule has 0 saturated carbocycles. The molecule has 7 heteroatoms. The van der Waals surface area contributed by atoms with Crippen LogP contribution in [-0.4, -0.2) is 48.6 Å². The molecule has 1 aliphatic rings. The number of rotatable bonds is 9. The van der Waals surface area contributed by atoms with E-state index in [1.807, 2.05) is 6.92 Å². The molecule has 1 aromatic heterocycles. The Morgan fingerprint density at radius 1 is 1.17 bits per heavy atom. The highest BCUT2D eigenvalue weighted by molar-refractivity contribution is 6.46. The molecule has 29 heavy (non-hydrogen) atoms. The third kappa shape index (κ3) is 4.35. The molecule has 154 valence electrons. The third-order valence-corrected chi connectivity index (χ3v) is 4.70. The number of hydrogen-bond donors (Lipinski definition) is 1. The zero-order valence-corrected chi connectivity index (χ0v) is 16.6. The van der Waals surface area contributed by atoms with Crippen LogP contribution in [0.3, 0.4) is 0 Å². The second-order valence-electron chi connectivity index (χ2n) is 6.73. The van der Waals surface area contributed by atoms with Gasteiger partial charge in [-0.05, 0) is 49.2 Å². The van der Waals surface area contributed by atoms with E-state index in [2.05, 4.69) is 0 Å². The topological polar surface area (TPSA) is 89.2 Å². The number of aliphatic hydroxyl groups excluding tert-OH is 1. The lowest BCUT2D eigenvalue weighted by molar-refractivity contribution is -0.140. The summed E-state index contributed by atoms with van der Waals surface area (Å²) in [4.78, 5) is 26.8. The van der Waals surface area contributed by atoms with Gasteiger partial charge in [-0.25, -0.2) is 0 Å². The maximum Gasteiger partial charge on any atom is 0.295 e. The number of carbonyl (C=O) groups is 2. The zero-order chi connectivity index (χ0) is 20.8. The van der Waals surface area contributed by atoms with Crippen molar-refractivity contribution in [3.8, 4) is 5.75 Å².